The third-order valence-corrected chi connectivity index (χ3v) is 7.13. The van der Waals surface area contributed by atoms with Crippen molar-refractivity contribution >= 4 is 11.8 Å². The van der Waals surface area contributed by atoms with Crippen LogP contribution in [0.15, 0.2) is 30.3 Å². The van der Waals surface area contributed by atoms with Crippen LogP contribution < -0.4 is 15.4 Å². The number of para-hydroxylation sites is 1. The van der Waals surface area contributed by atoms with Crippen LogP contribution in [-0.4, -0.2) is 30.5 Å². The largest absolute Gasteiger partial charge is 0.484 e. The summed E-state index contributed by atoms with van der Waals surface area (Å²) in [5, 5.41) is 6.36. The molecule has 0 spiro atoms. The van der Waals surface area contributed by atoms with Crippen LogP contribution in [0.25, 0.3) is 0 Å². The van der Waals surface area contributed by atoms with E-state index in [1.54, 1.807) is 0 Å². The van der Waals surface area contributed by atoms with E-state index in [0.717, 1.165) is 38.0 Å². The lowest BCUT2D eigenvalue weighted by Crippen LogP contribution is -2.44. The number of rotatable bonds is 8. The second-order valence-electron chi connectivity index (χ2n) is 9.93. The fourth-order valence-corrected chi connectivity index (χ4v) is 5.31. The van der Waals surface area contributed by atoms with E-state index in [2.05, 4.69) is 17.6 Å². The Labute approximate surface area is 194 Å². The molecule has 1 atom stereocenters. The summed E-state index contributed by atoms with van der Waals surface area (Å²) in [6.45, 7) is 2.20. The van der Waals surface area contributed by atoms with Crippen LogP contribution in [-0.2, 0) is 9.59 Å². The highest BCUT2D eigenvalue weighted by Crippen LogP contribution is 2.27. The van der Waals surface area contributed by atoms with E-state index in [9.17, 15) is 9.59 Å². The van der Waals surface area contributed by atoms with Gasteiger partial charge in [0.1, 0.15) is 5.75 Å². The summed E-state index contributed by atoms with van der Waals surface area (Å²) < 4.78 is 5.52. The first-order valence-electron chi connectivity index (χ1n) is 12.9. The van der Waals surface area contributed by atoms with Crippen molar-refractivity contribution in [3.05, 3.63) is 30.3 Å². The van der Waals surface area contributed by atoms with Crippen LogP contribution in [0.5, 0.6) is 5.75 Å². The van der Waals surface area contributed by atoms with Gasteiger partial charge in [-0.1, -0.05) is 69.6 Å². The maximum atomic E-state index is 12.8. The molecule has 2 aliphatic rings. The van der Waals surface area contributed by atoms with Gasteiger partial charge in [-0.25, -0.2) is 0 Å². The maximum Gasteiger partial charge on any atom is 0.258 e. The summed E-state index contributed by atoms with van der Waals surface area (Å²) in [6, 6.07) is 9.77. The third-order valence-electron chi connectivity index (χ3n) is 7.13. The van der Waals surface area contributed by atoms with E-state index in [-0.39, 0.29) is 36.4 Å². The number of benzene rings is 1. The minimum Gasteiger partial charge on any atom is -0.484 e. The summed E-state index contributed by atoms with van der Waals surface area (Å²) in [7, 11) is 0. The van der Waals surface area contributed by atoms with Gasteiger partial charge in [0.2, 0.25) is 5.91 Å². The Morgan fingerprint density at radius 1 is 0.906 bits per heavy atom. The second kappa shape index (κ2) is 13.5. The van der Waals surface area contributed by atoms with Gasteiger partial charge in [-0.2, -0.15) is 0 Å². The van der Waals surface area contributed by atoms with Crippen LogP contribution in [0.4, 0.5) is 0 Å². The Hall–Kier alpha value is -2.04. The van der Waals surface area contributed by atoms with E-state index in [0.29, 0.717) is 5.75 Å². The molecule has 0 radical (unpaired) electrons. The standard InChI is InChI=1S/C27H42N2O3/c1-21(19-22-11-7-4-2-3-5-8-12-22)28-27(31)23-15-17-24(18-16-23)29-26(30)20-32-25-13-9-6-10-14-25/h6,9-10,13-14,21-24H,2-5,7-8,11-12,15-20H2,1H3,(H,28,31)(H,29,30). The number of hydrogen-bond donors (Lipinski definition) is 2. The molecule has 0 aliphatic heterocycles. The van der Waals surface area contributed by atoms with Gasteiger partial charge in [-0.05, 0) is 57.1 Å². The van der Waals surface area contributed by atoms with Crippen LogP contribution in [0.3, 0.4) is 0 Å². The van der Waals surface area contributed by atoms with Gasteiger partial charge >= 0.3 is 0 Å². The minimum absolute atomic E-state index is 0.0309. The first-order chi connectivity index (χ1) is 15.6. The molecule has 3 rings (SSSR count). The van der Waals surface area contributed by atoms with Crippen molar-refractivity contribution < 1.29 is 14.3 Å². The lowest BCUT2D eigenvalue weighted by atomic mass is 9.85. The Kier molecular flexibility index (Phi) is 10.4. The molecule has 1 aromatic rings. The highest BCUT2D eigenvalue weighted by Gasteiger charge is 2.28. The quantitative estimate of drug-likeness (QED) is 0.567. The molecule has 0 heterocycles. The van der Waals surface area contributed by atoms with E-state index in [1.165, 1.54) is 51.4 Å². The van der Waals surface area contributed by atoms with Crippen molar-refractivity contribution in [2.75, 3.05) is 6.61 Å². The summed E-state index contributed by atoms with van der Waals surface area (Å²) in [5.41, 5.74) is 0. The first kappa shape index (κ1) is 24.6. The normalized spacial score (nSPS) is 23.8. The third kappa shape index (κ3) is 8.84. The van der Waals surface area contributed by atoms with Crippen molar-refractivity contribution in [2.24, 2.45) is 11.8 Å². The van der Waals surface area contributed by atoms with Crippen molar-refractivity contribution in [2.45, 2.75) is 102 Å². The zero-order valence-corrected chi connectivity index (χ0v) is 19.8. The van der Waals surface area contributed by atoms with Gasteiger partial charge in [0.25, 0.3) is 5.91 Å². The summed E-state index contributed by atoms with van der Waals surface area (Å²) in [4.78, 5) is 25.0. The average Bonchev–Trinajstić information content (AvgIpc) is 2.93. The molecule has 2 aliphatic carbocycles. The van der Waals surface area contributed by atoms with Gasteiger partial charge < -0.3 is 15.4 Å². The zero-order valence-electron chi connectivity index (χ0n) is 19.8. The van der Waals surface area contributed by atoms with Gasteiger partial charge in [0, 0.05) is 18.0 Å². The van der Waals surface area contributed by atoms with Gasteiger partial charge in [-0.15, -0.1) is 0 Å². The number of ether oxygens (including phenoxy) is 1. The number of amides is 2. The Balaban J connectivity index is 1.32. The van der Waals surface area contributed by atoms with Gasteiger partial charge in [-0.3, -0.25) is 9.59 Å². The molecule has 178 valence electrons. The van der Waals surface area contributed by atoms with E-state index >= 15 is 0 Å². The molecule has 0 saturated heterocycles. The van der Waals surface area contributed by atoms with Gasteiger partial charge in [0.15, 0.2) is 6.61 Å². The topological polar surface area (TPSA) is 67.4 Å². The molecule has 0 bridgehead atoms. The number of carbonyl (C=O) groups excluding carboxylic acids is 2. The fourth-order valence-electron chi connectivity index (χ4n) is 5.31. The first-order valence-corrected chi connectivity index (χ1v) is 12.9. The SMILES string of the molecule is CC(CC1CCCCCCCC1)NC(=O)C1CCC(NC(=O)COc2ccccc2)CC1. The molecule has 0 aromatic heterocycles. The summed E-state index contributed by atoms with van der Waals surface area (Å²) in [6.07, 6.45) is 15.3. The van der Waals surface area contributed by atoms with Crippen LogP contribution in [0.2, 0.25) is 0 Å². The Morgan fingerprint density at radius 3 is 2.19 bits per heavy atom. The predicted octanol–water partition coefficient (Wildman–Crippen LogP) is 5.39. The van der Waals surface area contributed by atoms with E-state index < -0.39 is 0 Å². The average molecular weight is 443 g/mol. The van der Waals surface area contributed by atoms with E-state index in [1.807, 2.05) is 30.3 Å². The zero-order chi connectivity index (χ0) is 22.6. The lowest BCUT2D eigenvalue weighted by molar-refractivity contribution is -0.127. The molecule has 5 heteroatoms. The molecule has 1 aromatic carbocycles. The van der Waals surface area contributed by atoms with Crippen molar-refractivity contribution in [1.29, 1.82) is 0 Å². The second-order valence-corrected chi connectivity index (χ2v) is 9.93. The van der Waals surface area contributed by atoms with Gasteiger partial charge in [0.05, 0.1) is 0 Å². The van der Waals surface area contributed by atoms with E-state index in [4.69, 9.17) is 4.74 Å². The number of hydrogen-bond acceptors (Lipinski definition) is 3. The van der Waals surface area contributed by atoms with Crippen LogP contribution in [0, 0.1) is 11.8 Å². The monoisotopic (exact) mass is 442 g/mol. The Bertz CT molecular complexity index is 675. The highest BCUT2D eigenvalue weighted by molar-refractivity contribution is 5.79. The molecular weight excluding hydrogens is 400 g/mol. The Morgan fingerprint density at radius 2 is 1.53 bits per heavy atom. The molecule has 5 nitrogen and oxygen atoms in total. The molecule has 2 saturated carbocycles. The molecular formula is C27H42N2O3. The number of carbonyl (C=O) groups is 2. The van der Waals surface area contributed by atoms with Crippen molar-refractivity contribution in [3.63, 3.8) is 0 Å². The molecule has 2 amide bonds. The fraction of sp³-hybridized carbons (Fsp3) is 0.704. The lowest BCUT2D eigenvalue weighted by Gasteiger charge is -2.30. The van der Waals surface area contributed by atoms with Crippen molar-refractivity contribution in [3.8, 4) is 5.75 Å². The van der Waals surface area contributed by atoms with Crippen LogP contribution in [0.1, 0.15) is 90.4 Å². The van der Waals surface area contributed by atoms with Crippen LogP contribution >= 0.6 is 0 Å². The van der Waals surface area contributed by atoms with Crippen molar-refractivity contribution in [1.82, 2.24) is 10.6 Å². The predicted molar refractivity (Wildman–Crippen MR) is 128 cm³/mol. The smallest absolute Gasteiger partial charge is 0.258 e. The molecule has 2 fully saturated rings. The maximum absolute atomic E-state index is 12.8. The molecule has 2 N–H and O–H groups in total. The number of nitrogens with one attached hydrogen (secondary N) is 2. The molecule has 32 heavy (non-hydrogen) atoms. The molecule has 1 unspecified atom stereocenters. The summed E-state index contributed by atoms with van der Waals surface area (Å²) in [5.74, 6) is 1.65. The highest BCUT2D eigenvalue weighted by atomic mass is 16.5. The minimum atomic E-state index is -0.0922. The summed E-state index contributed by atoms with van der Waals surface area (Å²) >= 11 is 0.